The smallest absolute Gasteiger partial charge is 0.288 e. The molecule has 1 amide bonds. The van der Waals surface area contributed by atoms with Gasteiger partial charge in [0.1, 0.15) is 6.10 Å². The molecule has 3 aromatic rings. The summed E-state index contributed by atoms with van der Waals surface area (Å²) in [5.41, 5.74) is 2.99. The number of nitrogens with zero attached hydrogens (tertiary/aromatic N) is 5. The van der Waals surface area contributed by atoms with Crippen LogP contribution < -0.4 is 10.4 Å². The Hall–Kier alpha value is -2.85. The minimum atomic E-state index is -0.714. The maximum atomic E-state index is 15.0. The van der Waals surface area contributed by atoms with Gasteiger partial charge in [0.25, 0.3) is 6.02 Å². The number of likely N-dealkylation sites (tertiary alicyclic amines) is 1. The number of hydrogen-bond acceptors (Lipinski definition) is 9. The molecule has 0 bridgehead atoms. The SMILES string of the molecule is C[C@@H]1N=C(N2CCN(C(=O)[C@@H](CCCCN(C)C)NC3CCC4(CC3)CCN(Cc3ccccc3)C4)[C@H](P(C)NCc3cccs3)C2)O[C@H]1c1ccccc1. The second kappa shape index (κ2) is 19.1. The Bertz CT molecular complexity index is 1650. The molecule has 0 radical (unpaired) electrons. The van der Waals surface area contributed by atoms with Crippen molar-refractivity contribution in [2.75, 3.05) is 60.0 Å². The van der Waals surface area contributed by atoms with E-state index in [1.165, 1.54) is 42.8 Å². The van der Waals surface area contributed by atoms with E-state index in [0.717, 1.165) is 76.4 Å². The summed E-state index contributed by atoms with van der Waals surface area (Å²) in [4.78, 5) is 30.8. The van der Waals surface area contributed by atoms with Crippen LogP contribution in [0, 0.1) is 5.41 Å². The van der Waals surface area contributed by atoms with Crippen LogP contribution in [0.4, 0.5) is 0 Å². The van der Waals surface area contributed by atoms with E-state index >= 15 is 0 Å². The Kier molecular flexibility index (Phi) is 14.0. The first-order valence-corrected chi connectivity index (χ1v) is 23.5. The summed E-state index contributed by atoms with van der Waals surface area (Å²) < 4.78 is 6.59. The average molecular weight is 786 g/mol. The summed E-state index contributed by atoms with van der Waals surface area (Å²) in [6.45, 7) is 11.9. The lowest BCUT2D eigenvalue weighted by Crippen LogP contribution is -2.61. The van der Waals surface area contributed by atoms with E-state index in [1.807, 2.05) is 6.07 Å². The normalized spacial score (nSPS) is 27.0. The number of carbonyl (C=O) groups excluding carboxylic acids is 1. The number of amides is 1. The lowest BCUT2D eigenvalue weighted by Gasteiger charge is -2.46. The van der Waals surface area contributed by atoms with E-state index < -0.39 is 8.07 Å². The van der Waals surface area contributed by atoms with Gasteiger partial charge in [-0.2, -0.15) is 0 Å². The number of benzene rings is 2. The molecule has 9 nitrogen and oxygen atoms in total. The summed E-state index contributed by atoms with van der Waals surface area (Å²) in [5.74, 6) is 0.324. The lowest BCUT2D eigenvalue weighted by molar-refractivity contribution is -0.136. The van der Waals surface area contributed by atoms with E-state index in [-0.39, 0.29) is 29.9 Å². The molecule has 1 aliphatic carbocycles. The quantitative estimate of drug-likeness (QED) is 0.123. The van der Waals surface area contributed by atoms with Crippen LogP contribution in [-0.4, -0.2) is 115 Å². The molecule has 2 N–H and O–H groups in total. The van der Waals surface area contributed by atoms with Crippen LogP contribution in [0.5, 0.6) is 0 Å². The molecule has 55 heavy (non-hydrogen) atoms. The average Bonchev–Trinajstić information content (AvgIpc) is 3.97. The summed E-state index contributed by atoms with van der Waals surface area (Å²) in [6, 6.07) is 26.7. The number of piperazine rings is 1. The zero-order chi connectivity index (χ0) is 38.2. The van der Waals surface area contributed by atoms with Crippen molar-refractivity contribution < 1.29 is 9.53 Å². The summed E-state index contributed by atoms with van der Waals surface area (Å²) in [7, 11) is 3.57. The molecule has 3 aliphatic heterocycles. The highest BCUT2D eigenvalue weighted by Gasteiger charge is 2.43. The van der Waals surface area contributed by atoms with Gasteiger partial charge in [-0.05, 0) is 122 Å². The molecule has 4 heterocycles. The van der Waals surface area contributed by atoms with Crippen LogP contribution >= 0.6 is 19.4 Å². The van der Waals surface area contributed by atoms with Crippen LogP contribution in [0.3, 0.4) is 0 Å². The van der Waals surface area contributed by atoms with Gasteiger partial charge in [0.2, 0.25) is 5.91 Å². The molecule has 1 unspecified atom stereocenters. The fourth-order valence-electron chi connectivity index (χ4n) is 9.23. The van der Waals surface area contributed by atoms with Crippen molar-refractivity contribution >= 4 is 31.3 Å². The predicted molar refractivity (Wildman–Crippen MR) is 229 cm³/mol. The Morgan fingerprint density at radius 1 is 1.00 bits per heavy atom. The summed E-state index contributed by atoms with van der Waals surface area (Å²) in [5, 5.41) is 10.0. The third kappa shape index (κ3) is 10.6. The van der Waals surface area contributed by atoms with Crippen molar-refractivity contribution in [3.63, 3.8) is 0 Å². The zero-order valence-electron chi connectivity index (χ0n) is 33.6. The second-order valence-corrected chi connectivity index (χ2v) is 20.0. The van der Waals surface area contributed by atoms with Gasteiger partial charge in [0.15, 0.2) is 0 Å². The number of carbonyl (C=O) groups is 1. The molecule has 11 heteroatoms. The number of unbranched alkanes of at least 4 members (excludes halogenated alkanes) is 1. The first kappa shape index (κ1) is 40.4. The molecular weight excluding hydrogens is 722 g/mol. The van der Waals surface area contributed by atoms with Gasteiger partial charge in [-0.15, -0.1) is 11.3 Å². The Labute approximate surface area is 335 Å². The van der Waals surface area contributed by atoms with Gasteiger partial charge in [0, 0.05) is 50.2 Å². The zero-order valence-corrected chi connectivity index (χ0v) is 35.3. The van der Waals surface area contributed by atoms with Crippen molar-refractivity contribution in [1.82, 2.24) is 30.0 Å². The van der Waals surface area contributed by atoms with Gasteiger partial charge < -0.3 is 24.8 Å². The van der Waals surface area contributed by atoms with Crippen molar-refractivity contribution in [3.05, 3.63) is 94.2 Å². The third-order valence-corrected chi connectivity index (χ3v) is 15.3. The van der Waals surface area contributed by atoms with Gasteiger partial charge >= 0.3 is 0 Å². The second-order valence-electron chi connectivity index (χ2n) is 16.8. The summed E-state index contributed by atoms with van der Waals surface area (Å²) in [6.07, 6.45) is 9.02. The van der Waals surface area contributed by atoms with Crippen molar-refractivity contribution in [2.45, 2.75) is 101 Å². The van der Waals surface area contributed by atoms with E-state index in [1.54, 1.807) is 11.3 Å². The molecule has 298 valence electrons. The molecular formula is C44H64N7O2PS. The minimum Gasteiger partial charge on any atom is -0.455 e. The lowest BCUT2D eigenvalue weighted by atomic mass is 9.72. The fourth-order valence-corrected chi connectivity index (χ4v) is 11.7. The Balaban J connectivity index is 1.02. The van der Waals surface area contributed by atoms with E-state index in [0.29, 0.717) is 18.0 Å². The monoisotopic (exact) mass is 785 g/mol. The molecule has 5 atom stereocenters. The maximum Gasteiger partial charge on any atom is 0.288 e. The molecule has 3 fully saturated rings. The Morgan fingerprint density at radius 3 is 2.49 bits per heavy atom. The number of amidine groups is 1. The molecule has 2 aromatic carbocycles. The number of rotatable bonds is 15. The molecule has 1 saturated carbocycles. The third-order valence-electron chi connectivity index (χ3n) is 12.4. The molecule has 4 aliphatic rings. The van der Waals surface area contributed by atoms with Gasteiger partial charge in [0.05, 0.1) is 17.9 Å². The van der Waals surface area contributed by atoms with Crippen molar-refractivity contribution in [3.8, 4) is 0 Å². The number of ether oxygens (including phenoxy) is 1. The van der Waals surface area contributed by atoms with E-state index in [4.69, 9.17) is 9.73 Å². The van der Waals surface area contributed by atoms with Crippen LogP contribution in [-0.2, 0) is 22.6 Å². The van der Waals surface area contributed by atoms with Crippen LogP contribution in [0.25, 0.3) is 0 Å². The van der Waals surface area contributed by atoms with Crippen LogP contribution in [0.1, 0.15) is 80.4 Å². The van der Waals surface area contributed by atoms with Crippen molar-refractivity contribution in [2.24, 2.45) is 10.4 Å². The van der Waals surface area contributed by atoms with E-state index in [2.05, 4.69) is 130 Å². The highest BCUT2D eigenvalue weighted by Crippen LogP contribution is 2.45. The number of hydrogen-bond donors (Lipinski definition) is 2. The predicted octanol–water partition coefficient (Wildman–Crippen LogP) is 7.38. The van der Waals surface area contributed by atoms with Crippen molar-refractivity contribution in [1.29, 1.82) is 0 Å². The van der Waals surface area contributed by atoms with Gasteiger partial charge in [-0.3, -0.25) is 14.8 Å². The fraction of sp³-hybridized carbons (Fsp3) is 0.591. The molecule has 2 saturated heterocycles. The van der Waals surface area contributed by atoms with Crippen LogP contribution in [0.15, 0.2) is 83.2 Å². The first-order chi connectivity index (χ1) is 26.7. The number of nitrogens with one attached hydrogen (secondary N) is 2. The first-order valence-electron chi connectivity index (χ1n) is 20.8. The Morgan fingerprint density at radius 2 is 1.76 bits per heavy atom. The number of thiophene rings is 1. The van der Waals surface area contributed by atoms with E-state index in [9.17, 15) is 4.79 Å². The van der Waals surface area contributed by atoms with Crippen LogP contribution in [0.2, 0.25) is 0 Å². The van der Waals surface area contributed by atoms with Gasteiger partial charge in [-0.1, -0.05) is 73.2 Å². The largest absolute Gasteiger partial charge is 0.455 e. The standard InChI is InChI=1S/C44H64N7O2PS/c1-34-41(36-16-9-6-10-17-36)53-43(46-34)50-27-28-51(40(32-50)54(4)45-30-38-18-13-29-55-38)42(52)39(19-11-12-25-48(2)3)47-37-20-22-44(23-21-37)24-26-49(33-44)31-35-14-7-5-8-15-35/h5-10,13-18,29,34,37,39-41,45,47H,11-12,19-28,30-33H2,1-4H3/t34-,37?,39+,40+,41+,44?,54?/m0/s1. The topological polar surface area (TPSA) is 75.7 Å². The minimum absolute atomic E-state index is 0.0390. The highest BCUT2D eigenvalue weighted by molar-refractivity contribution is 7.55. The maximum absolute atomic E-state index is 15.0. The number of aliphatic imine (C=N–C) groups is 1. The molecule has 1 spiro atoms. The molecule has 7 rings (SSSR count). The highest BCUT2D eigenvalue weighted by atomic mass is 32.1. The summed E-state index contributed by atoms with van der Waals surface area (Å²) >= 11 is 1.78. The van der Waals surface area contributed by atoms with Gasteiger partial charge in [-0.25, -0.2) is 4.99 Å². The molecule has 1 aromatic heterocycles.